The summed E-state index contributed by atoms with van der Waals surface area (Å²) in [5.74, 6) is 0. The van der Waals surface area contributed by atoms with E-state index in [9.17, 15) is 0 Å². The quantitative estimate of drug-likeness (QED) is 0.774. The topological polar surface area (TPSA) is 48.7 Å². The molecule has 3 aromatic rings. The lowest BCUT2D eigenvalue weighted by atomic mass is 10.0. The van der Waals surface area contributed by atoms with Crippen molar-refractivity contribution in [1.29, 1.82) is 5.26 Å². The third-order valence-corrected chi connectivity index (χ3v) is 3.53. The number of fused-ring (bicyclic) bond motifs is 1. The second kappa shape index (κ2) is 5.64. The summed E-state index contributed by atoms with van der Waals surface area (Å²) >= 11 is 0. The highest BCUT2D eigenvalue weighted by molar-refractivity contribution is 5.91. The maximum absolute atomic E-state index is 9.00. The Morgan fingerprint density at radius 2 is 1.95 bits per heavy atom. The summed E-state index contributed by atoms with van der Waals surface area (Å²) in [4.78, 5) is 4.37. The Bertz CT molecular complexity index is 813. The molecular weight excluding hydrogens is 258 g/mol. The molecule has 3 heteroatoms. The van der Waals surface area contributed by atoms with Gasteiger partial charge in [-0.25, -0.2) is 0 Å². The summed E-state index contributed by atoms with van der Waals surface area (Å²) in [6.07, 6.45) is 1.80. The molecule has 0 amide bonds. The molecule has 21 heavy (non-hydrogen) atoms. The summed E-state index contributed by atoms with van der Waals surface area (Å²) in [6.45, 7) is 2.09. The first-order valence-electron chi connectivity index (χ1n) is 6.88. The Kier molecular flexibility index (Phi) is 3.53. The number of nitrogens with one attached hydrogen (secondary N) is 1. The molecule has 102 valence electrons. The Morgan fingerprint density at radius 3 is 2.81 bits per heavy atom. The lowest BCUT2D eigenvalue weighted by Crippen LogP contribution is -2.07. The maximum atomic E-state index is 9.00. The van der Waals surface area contributed by atoms with Gasteiger partial charge in [-0.05, 0) is 48.9 Å². The zero-order valence-electron chi connectivity index (χ0n) is 11.7. The van der Waals surface area contributed by atoms with Gasteiger partial charge in [0.25, 0.3) is 0 Å². The molecular formula is C18H15N3. The second-order valence-electron chi connectivity index (χ2n) is 4.98. The highest BCUT2D eigenvalue weighted by atomic mass is 14.9. The van der Waals surface area contributed by atoms with Crippen LogP contribution in [0.25, 0.3) is 10.9 Å². The molecule has 0 spiro atoms. The van der Waals surface area contributed by atoms with Gasteiger partial charge in [-0.15, -0.1) is 0 Å². The highest BCUT2D eigenvalue weighted by Gasteiger charge is 2.08. The van der Waals surface area contributed by atoms with Crippen LogP contribution in [0.15, 0.2) is 60.8 Å². The van der Waals surface area contributed by atoms with E-state index in [0.717, 1.165) is 22.2 Å². The van der Waals surface area contributed by atoms with Crippen molar-refractivity contribution in [3.8, 4) is 6.07 Å². The summed E-state index contributed by atoms with van der Waals surface area (Å²) in [5.41, 5.74) is 3.80. The Balaban J connectivity index is 1.93. The molecule has 0 bridgehead atoms. The zero-order valence-corrected chi connectivity index (χ0v) is 11.7. The molecule has 0 saturated heterocycles. The smallest absolute Gasteiger partial charge is 0.0991 e. The van der Waals surface area contributed by atoms with Gasteiger partial charge in [0.05, 0.1) is 17.1 Å². The molecule has 1 unspecified atom stereocenters. The van der Waals surface area contributed by atoms with E-state index >= 15 is 0 Å². The third-order valence-electron chi connectivity index (χ3n) is 3.53. The van der Waals surface area contributed by atoms with E-state index in [0.29, 0.717) is 5.56 Å². The van der Waals surface area contributed by atoms with Crippen LogP contribution >= 0.6 is 0 Å². The third kappa shape index (κ3) is 2.70. The number of nitrogens with zero attached hydrogens (tertiary/aromatic N) is 2. The van der Waals surface area contributed by atoms with E-state index in [2.05, 4.69) is 35.4 Å². The van der Waals surface area contributed by atoms with Crippen molar-refractivity contribution in [2.75, 3.05) is 5.32 Å². The predicted molar refractivity (Wildman–Crippen MR) is 84.9 cm³/mol. The van der Waals surface area contributed by atoms with Crippen LogP contribution in [0.2, 0.25) is 0 Å². The molecule has 3 rings (SSSR count). The van der Waals surface area contributed by atoms with Gasteiger partial charge in [-0.2, -0.15) is 5.26 Å². The molecule has 0 aliphatic heterocycles. The number of nitriles is 1. The van der Waals surface area contributed by atoms with E-state index in [4.69, 9.17) is 5.26 Å². The molecule has 1 N–H and O–H groups in total. The van der Waals surface area contributed by atoms with E-state index in [-0.39, 0.29) is 6.04 Å². The van der Waals surface area contributed by atoms with E-state index in [1.165, 1.54) is 0 Å². The van der Waals surface area contributed by atoms with Gasteiger partial charge in [0, 0.05) is 23.3 Å². The predicted octanol–water partition coefficient (Wildman–Crippen LogP) is 4.28. The van der Waals surface area contributed by atoms with Gasteiger partial charge in [0.2, 0.25) is 0 Å². The van der Waals surface area contributed by atoms with Gasteiger partial charge in [0.15, 0.2) is 0 Å². The number of rotatable bonds is 3. The standard InChI is InChI=1S/C18H15N3/c1-13(15-6-2-5-14(11-15)12-19)21-18-9-3-8-17-16(18)7-4-10-20-17/h2-11,13,21H,1H3. The van der Waals surface area contributed by atoms with Crippen LogP contribution < -0.4 is 5.32 Å². The van der Waals surface area contributed by atoms with Crippen LogP contribution in [-0.4, -0.2) is 4.98 Å². The van der Waals surface area contributed by atoms with Crippen LogP contribution in [0.4, 0.5) is 5.69 Å². The molecule has 0 radical (unpaired) electrons. The minimum Gasteiger partial charge on any atom is -0.378 e. The summed E-state index contributed by atoms with van der Waals surface area (Å²) < 4.78 is 0. The van der Waals surface area contributed by atoms with E-state index in [1.54, 1.807) is 6.20 Å². The fraction of sp³-hybridized carbons (Fsp3) is 0.111. The summed E-state index contributed by atoms with van der Waals surface area (Å²) in [7, 11) is 0. The summed E-state index contributed by atoms with van der Waals surface area (Å²) in [5, 5.41) is 13.6. The molecule has 1 heterocycles. The molecule has 1 atom stereocenters. The van der Waals surface area contributed by atoms with Crippen molar-refractivity contribution in [3.05, 3.63) is 71.9 Å². The largest absolute Gasteiger partial charge is 0.378 e. The average Bonchev–Trinajstić information content (AvgIpc) is 2.55. The Morgan fingerprint density at radius 1 is 1.10 bits per heavy atom. The SMILES string of the molecule is CC(Nc1cccc2ncccc12)c1cccc(C#N)c1. The molecule has 0 aliphatic carbocycles. The van der Waals surface area contributed by atoms with Gasteiger partial charge in [0.1, 0.15) is 0 Å². The Hall–Kier alpha value is -2.86. The number of hydrogen-bond donors (Lipinski definition) is 1. The lowest BCUT2D eigenvalue weighted by Gasteiger charge is -2.17. The number of anilines is 1. The van der Waals surface area contributed by atoms with Gasteiger partial charge < -0.3 is 5.32 Å². The first-order valence-corrected chi connectivity index (χ1v) is 6.88. The normalized spacial score (nSPS) is 11.8. The monoisotopic (exact) mass is 273 g/mol. The van der Waals surface area contributed by atoms with Crippen LogP contribution in [-0.2, 0) is 0 Å². The minimum absolute atomic E-state index is 0.115. The first-order chi connectivity index (χ1) is 10.3. The van der Waals surface area contributed by atoms with Crippen molar-refractivity contribution in [2.45, 2.75) is 13.0 Å². The summed E-state index contributed by atoms with van der Waals surface area (Å²) in [6, 6.07) is 20.0. The van der Waals surface area contributed by atoms with Crippen molar-refractivity contribution in [2.24, 2.45) is 0 Å². The zero-order chi connectivity index (χ0) is 14.7. The molecule has 1 aromatic heterocycles. The molecule has 0 fully saturated rings. The molecule has 3 nitrogen and oxygen atoms in total. The lowest BCUT2D eigenvalue weighted by molar-refractivity contribution is 0.886. The molecule has 2 aromatic carbocycles. The second-order valence-corrected chi connectivity index (χ2v) is 4.98. The fourth-order valence-corrected chi connectivity index (χ4v) is 2.42. The van der Waals surface area contributed by atoms with Crippen molar-refractivity contribution in [3.63, 3.8) is 0 Å². The average molecular weight is 273 g/mol. The number of pyridine rings is 1. The molecule has 0 aliphatic rings. The van der Waals surface area contributed by atoms with Crippen LogP contribution in [0, 0.1) is 11.3 Å². The van der Waals surface area contributed by atoms with E-state index < -0.39 is 0 Å². The van der Waals surface area contributed by atoms with E-state index in [1.807, 2.05) is 42.5 Å². The number of aromatic nitrogens is 1. The molecule has 0 saturated carbocycles. The number of hydrogen-bond acceptors (Lipinski definition) is 3. The maximum Gasteiger partial charge on any atom is 0.0991 e. The van der Waals surface area contributed by atoms with Crippen LogP contribution in [0.3, 0.4) is 0 Å². The fourth-order valence-electron chi connectivity index (χ4n) is 2.42. The van der Waals surface area contributed by atoms with Crippen molar-refractivity contribution in [1.82, 2.24) is 4.98 Å². The van der Waals surface area contributed by atoms with Crippen LogP contribution in [0.5, 0.6) is 0 Å². The van der Waals surface area contributed by atoms with Crippen molar-refractivity contribution >= 4 is 16.6 Å². The minimum atomic E-state index is 0.115. The number of benzene rings is 2. The van der Waals surface area contributed by atoms with Gasteiger partial charge >= 0.3 is 0 Å². The Labute approximate surface area is 123 Å². The highest BCUT2D eigenvalue weighted by Crippen LogP contribution is 2.26. The van der Waals surface area contributed by atoms with Gasteiger partial charge in [-0.1, -0.05) is 18.2 Å². The van der Waals surface area contributed by atoms with Gasteiger partial charge in [-0.3, -0.25) is 4.98 Å². The first kappa shape index (κ1) is 13.1. The van der Waals surface area contributed by atoms with Crippen molar-refractivity contribution < 1.29 is 0 Å². The van der Waals surface area contributed by atoms with Crippen LogP contribution in [0.1, 0.15) is 24.1 Å².